The molecule has 1 aromatic heterocycles. The van der Waals surface area contributed by atoms with Gasteiger partial charge < -0.3 is 20.3 Å². The number of rotatable bonds is 13. The number of ether oxygens (including phenoxy) is 1. The number of methoxy groups -OCH3 is 1. The molecule has 14 heteroatoms. The average Bonchev–Trinajstić information content (AvgIpc) is 3.45. The Morgan fingerprint density at radius 3 is 2.29 bits per heavy atom. The van der Waals surface area contributed by atoms with Crippen LogP contribution in [0.25, 0.3) is 16.5 Å². The van der Waals surface area contributed by atoms with Crippen LogP contribution >= 0.6 is 20.2 Å². The van der Waals surface area contributed by atoms with E-state index in [9.17, 15) is 34.0 Å². The fraction of sp³-hybridized carbons (Fsp3) is 0.289. The first-order valence-corrected chi connectivity index (χ1v) is 18.5. The van der Waals surface area contributed by atoms with Gasteiger partial charge in [0.25, 0.3) is 11.2 Å². The maximum Gasteiger partial charge on any atom is 0.549 e. The van der Waals surface area contributed by atoms with E-state index in [1.54, 1.807) is 31.2 Å². The molecule has 3 amide bonds. The van der Waals surface area contributed by atoms with Crippen molar-refractivity contribution in [3.05, 3.63) is 108 Å². The van der Waals surface area contributed by atoms with Crippen molar-refractivity contribution in [3.63, 3.8) is 0 Å². The first-order chi connectivity index (χ1) is 24.8. The molecule has 0 aliphatic carbocycles. The molecule has 2 heterocycles. The number of amides is 3. The minimum Gasteiger partial charge on any atom is -0.465 e. The van der Waals surface area contributed by atoms with Crippen molar-refractivity contribution in [1.29, 1.82) is 0 Å². The molecule has 4 aromatic rings. The summed E-state index contributed by atoms with van der Waals surface area (Å²) in [6, 6.07) is 23.2. The Balaban J connectivity index is 1.34. The van der Waals surface area contributed by atoms with Gasteiger partial charge in [-0.3, -0.25) is 9.59 Å². The van der Waals surface area contributed by atoms with Crippen molar-refractivity contribution in [1.82, 2.24) is 20.3 Å². The van der Waals surface area contributed by atoms with Crippen molar-refractivity contribution in [2.45, 2.75) is 50.0 Å². The zero-order valence-electron chi connectivity index (χ0n) is 29.2. The number of aliphatic hydroxyl groups is 1. The van der Waals surface area contributed by atoms with Gasteiger partial charge >= 0.3 is 20.5 Å². The molecule has 4 N–H and O–H groups in total. The third-order valence-corrected chi connectivity index (χ3v) is 11.1. The van der Waals surface area contributed by atoms with Crippen LogP contribution in [0.3, 0.4) is 0 Å². The Labute approximate surface area is 307 Å². The largest absolute Gasteiger partial charge is 0.549 e. The first-order valence-electron chi connectivity index (χ1n) is 16.7. The molecular weight excluding hydrogens is 703 g/mol. The van der Waals surface area contributed by atoms with E-state index < -0.39 is 54.2 Å². The lowest BCUT2D eigenvalue weighted by Crippen LogP contribution is -2.60. The Kier molecular flexibility index (Phi) is 11.9. The highest BCUT2D eigenvalue weighted by molar-refractivity contribution is 7.99. The number of nitrogens with one attached hydrogen (secondary N) is 2. The van der Waals surface area contributed by atoms with E-state index >= 15 is 0 Å². The van der Waals surface area contributed by atoms with Crippen LogP contribution in [0, 0.1) is 11.8 Å². The highest BCUT2D eigenvalue weighted by atomic mass is 32.2. The molecule has 5 atom stereocenters. The third kappa shape index (κ3) is 8.24. The zero-order valence-corrected chi connectivity index (χ0v) is 31.0. The van der Waals surface area contributed by atoms with Crippen molar-refractivity contribution in [2.24, 2.45) is 11.8 Å². The van der Waals surface area contributed by atoms with Gasteiger partial charge in [-0.05, 0) is 68.1 Å². The van der Waals surface area contributed by atoms with Crippen molar-refractivity contribution in [2.75, 3.05) is 12.9 Å². The minimum absolute atomic E-state index is 0.00379. The van der Waals surface area contributed by atoms with Crippen molar-refractivity contribution >= 4 is 66.3 Å². The van der Waals surface area contributed by atoms with Crippen LogP contribution in [-0.4, -0.2) is 63.3 Å². The summed E-state index contributed by atoms with van der Waals surface area (Å²) < 4.78 is 16.3. The molecule has 1 aliphatic heterocycles. The maximum atomic E-state index is 13.9. The van der Waals surface area contributed by atoms with E-state index in [1.165, 1.54) is 49.3 Å². The van der Waals surface area contributed by atoms with Gasteiger partial charge in [0.2, 0.25) is 5.91 Å². The molecule has 5 rings (SSSR count). The normalized spacial score (nSPS) is 17.5. The van der Waals surface area contributed by atoms with E-state index in [-0.39, 0.29) is 35.6 Å². The van der Waals surface area contributed by atoms with Gasteiger partial charge in [-0.1, -0.05) is 71.2 Å². The van der Waals surface area contributed by atoms with Gasteiger partial charge in [0.15, 0.2) is 5.69 Å². The number of thioether (sulfide) groups is 1. The number of aromatic nitrogens is 1. The molecule has 0 saturated carbocycles. The quantitative estimate of drug-likeness (QED) is 0.0496. The molecule has 3 aromatic carbocycles. The molecule has 270 valence electrons. The summed E-state index contributed by atoms with van der Waals surface area (Å²) in [6.45, 7) is 5.60. The lowest BCUT2D eigenvalue weighted by Gasteiger charge is -2.27. The standard InChI is InChI=1S/C38H39N4O8PS/c1-23(2)19-30(38(48,51-49)22-52-33-18-17-25-9-5-7-11-31(25)40-33)35(44)39-24(3)20-28-21-42(37(46)47,32-12-8-6-10-29(28)32)41-34(43)26-13-15-27(16-14-26)36(45)50-4/h5-18,21,23-24,30,48H,19-20,22H2,1-4H3,(H2-,39,41,43,44,46,47)/p+2/t24-,30?,38?,42?/m1/s1. The summed E-state index contributed by atoms with van der Waals surface area (Å²) in [7, 11) is 0.0553. The topological polar surface area (TPSA) is 172 Å². The minimum atomic E-state index is -1.85. The van der Waals surface area contributed by atoms with Gasteiger partial charge in [0, 0.05) is 34.2 Å². The number of hydrogen-bond donors (Lipinski definition) is 4. The number of fused-ring (bicyclic) bond motifs is 2. The Hall–Kier alpha value is -4.94. The molecule has 1 aliphatic rings. The summed E-state index contributed by atoms with van der Waals surface area (Å²) in [6.07, 6.45) is 0.509. The van der Waals surface area contributed by atoms with Crippen LogP contribution < -0.4 is 15.3 Å². The molecule has 0 bridgehead atoms. The summed E-state index contributed by atoms with van der Waals surface area (Å²) >= 11 is 1.23. The molecule has 0 saturated heterocycles. The van der Waals surface area contributed by atoms with E-state index in [4.69, 9.17) is 4.74 Å². The maximum absolute atomic E-state index is 13.9. The number of carboxylic acid groups (broad SMARTS) is 1. The van der Waals surface area contributed by atoms with Gasteiger partial charge in [-0.15, -0.1) is 0 Å². The average molecular weight is 745 g/mol. The zero-order chi connectivity index (χ0) is 37.6. The second kappa shape index (κ2) is 16.2. The number of nitrogens with zero attached hydrogens (tertiary/aromatic N) is 2. The van der Waals surface area contributed by atoms with Crippen molar-refractivity contribution < 1.29 is 38.7 Å². The monoisotopic (exact) mass is 744 g/mol. The van der Waals surface area contributed by atoms with Crippen LogP contribution in [0.1, 0.15) is 59.9 Å². The number of benzene rings is 3. The highest BCUT2D eigenvalue weighted by Crippen LogP contribution is 2.42. The molecule has 12 nitrogen and oxygen atoms in total. The summed E-state index contributed by atoms with van der Waals surface area (Å²) in [4.78, 5) is 56.7. The number of pyridine rings is 1. The second-order valence-corrected chi connectivity index (χ2v) is 15.2. The van der Waals surface area contributed by atoms with E-state index in [0.717, 1.165) is 10.9 Å². The van der Waals surface area contributed by atoms with Crippen LogP contribution in [0.5, 0.6) is 0 Å². The molecular formula is C38H41N4O8PS+2. The lowest BCUT2D eigenvalue weighted by molar-refractivity contribution is -0.130. The highest BCUT2D eigenvalue weighted by Gasteiger charge is 2.51. The molecule has 52 heavy (non-hydrogen) atoms. The van der Waals surface area contributed by atoms with Crippen molar-refractivity contribution in [3.8, 4) is 0 Å². The van der Waals surface area contributed by atoms with Gasteiger partial charge in [-0.25, -0.2) is 9.78 Å². The fourth-order valence-electron chi connectivity index (χ4n) is 6.21. The number of carbonyl (C=O) groups excluding carboxylic acids is 3. The number of carbonyl (C=O) groups is 4. The van der Waals surface area contributed by atoms with Gasteiger partial charge in [0.05, 0.1) is 29.0 Å². The third-order valence-electron chi connectivity index (χ3n) is 8.83. The molecule has 0 spiro atoms. The molecule has 0 radical (unpaired) electrons. The second-order valence-electron chi connectivity index (χ2n) is 13.1. The SMILES string of the molecule is COC(=O)c1ccc(C(=O)N[N+]2(C(=O)O)C=C(C[C@@H](C)NC(=O)C(CC(C)C)C(O)(CSc3ccc4ccccc4n3)[PH+]=O)c3ccccc32)cc1. The van der Waals surface area contributed by atoms with Gasteiger partial charge in [0.1, 0.15) is 12.1 Å². The molecule has 0 fully saturated rings. The smallest absolute Gasteiger partial charge is 0.465 e. The Morgan fingerprint density at radius 1 is 0.942 bits per heavy atom. The summed E-state index contributed by atoms with van der Waals surface area (Å²) in [5, 5.41) is 25.0. The van der Waals surface area contributed by atoms with E-state index in [1.807, 2.05) is 50.2 Å². The predicted octanol–water partition coefficient (Wildman–Crippen LogP) is 6.77. The van der Waals surface area contributed by atoms with E-state index in [2.05, 4.69) is 15.7 Å². The number of para-hydroxylation sites is 2. The van der Waals surface area contributed by atoms with Crippen LogP contribution in [0.4, 0.5) is 10.5 Å². The Morgan fingerprint density at radius 2 is 1.62 bits per heavy atom. The summed E-state index contributed by atoms with van der Waals surface area (Å²) in [5.74, 6) is -2.79. The van der Waals surface area contributed by atoms with Crippen LogP contribution in [0.15, 0.2) is 96.2 Å². The van der Waals surface area contributed by atoms with Crippen LogP contribution in [-0.2, 0) is 14.1 Å². The van der Waals surface area contributed by atoms with Crippen LogP contribution in [0.2, 0.25) is 0 Å². The van der Waals surface area contributed by atoms with Gasteiger partial charge in [-0.2, -0.15) is 10.2 Å². The Bertz CT molecular complexity index is 2040. The first kappa shape index (κ1) is 38.3. The number of quaternary nitrogens is 1. The number of hydrogen-bond acceptors (Lipinski definition) is 9. The number of esters is 1. The van der Waals surface area contributed by atoms with E-state index in [0.29, 0.717) is 21.8 Å². The molecule has 4 unspecified atom stereocenters. The fourth-order valence-corrected chi connectivity index (χ4v) is 7.95. The predicted molar refractivity (Wildman–Crippen MR) is 201 cm³/mol. The lowest BCUT2D eigenvalue weighted by atomic mass is 9.90. The summed E-state index contributed by atoms with van der Waals surface area (Å²) in [5.41, 5.74) is 5.19.